The second-order valence-electron chi connectivity index (χ2n) is 4.54. The zero-order valence-corrected chi connectivity index (χ0v) is 13.4. The third kappa shape index (κ3) is 3.54. The fraction of sp³-hybridized carbons (Fsp3) is 0.571. The van der Waals surface area contributed by atoms with E-state index in [0.29, 0.717) is 5.92 Å². The van der Waals surface area contributed by atoms with Gasteiger partial charge < -0.3 is 5.32 Å². The van der Waals surface area contributed by atoms with Gasteiger partial charge in [0.2, 0.25) is 0 Å². The number of nitrogens with zero attached hydrogens (tertiary/aromatic N) is 2. The van der Waals surface area contributed by atoms with Gasteiger partial charge in [0.25, 0.3) is 0 Å². The van der Waals surface area contributed by atoms with E-state index in [0.717, 1.165) is 36.6 Å². The molecule has 0 aromatic carbocycles. The Morgan fingerprint density at radius 1 is 1.26 bits per heavy atom. The molecule has 0 atom stereocenters. The lowest BCUT2D eigenvalue weighted by Gasteiger charge is -2.06. The summed E-state index contributed by atoms with van der Waals surface area (Å²) in [5.41, 5.74) is 1.05. The highest BCUT2D eigenvalue weighted by atomic mass is 32.1. The summed E-state index contributed by atoms with van der Waals surface area (Å²) in [5.74, 6) is 0.593. The maximum absolute atomic E-state index is 4.62. The van der Waals surface area contributed by atoms with E-state index >= 15 is 0 Å². The van der Waals surface area contributed by atoms with Crippen molar-refractivity contribution in [2.24, 2.45) is 0 Å². The van der Waals surface area contributed by atoms with Gasteiger partial charge in [-0.25, -0.2) is 9.97 Å². The topological polar surface area (TPSA) is 37.8 Å². The third-order valence-corrected chi connectivity index (χ3v) is 5.12. The Morgan fingerprint density at radius 3 is 2.74 bits per heavy atom. The molecule has 104 valence electrons. The Labute approximate surface area is 123 Å². The minimum absolute atomic E-state index is 0.593. The summed E-state index contributed by atoms with van der Waals surface area (Å²) in [6, 6.07) is 0. The van der Waals surface area contributed by atoms with Crippen LogP contribution in [0.15, 0.2) is 11.6 Å². The van der Waals surface area contributed by atoms with E-state index in [-0.39, 0.29) is 0 Å². The van der Waals surface area contributed by atoms with Crippen molar-refractivity contribution < 1.29 is 0 Å². The van der Waals surface area contributed by atoms with E-state index in [1.54, 1.807) is 22.7 Å². The third-order valence-electron chi connectivity index (χ3n) is 3.14. The first kappa shape index (κ1) is 14.5. The quantitative estimate of drug-likeness (QED) is 0.781. The van der Waals surface area contributed by atoms with Crippen molar-refractivity contribution in [1.29, 1.82) is 0 Å². The summed E-state index contributed by atoms with van der Waals surface area (Å²) in [4.78, 5) is 10.4. The number of hydrogen-bond acceptors (Lipinski definition) is 5. The van der Waals surface area contributed by atoms with Crippen LogP contribution < -0.4 is 5.32 Å². The molecule has 2 rings (SSSR count). The van der Waals surface area contributed by atoms with Crippen molar-refractivity contribution in [2.45, 2.75) is 46.0 Å². The summed E-state index contributed by atoms with van der Waals surface area (Å²) in [6.07, 6.45) is 5.40. The summed E-state index contributed by atoms with van der Waals surface area (Å²) in [7, 11) is 0. The number of hydrogen-bond donors (Lipinski definition) is 1. The lowest BCUT2D eigenvalue weighted by atomic mass is 10.1. The molecule has 3 nitrogen and oxygen atoms in total. The van der Waals surface area contributed by atoms with Gasteiger partial charge >= 0.3 is 0 Å². The molecule has 0 unspecified atom stereocenters. The SMILES string of the molecule is CCCNc1nc(-c2cnc(C(CC)CC)s2)cs1. The van der Waals surface area contributed by atoms with Crippen LogP contribution >= 0.6 is 22.7 Å². The molecular weight excluding hydrogens is 274 g/mol. The normalized spacial score (nSPS) is 11.2. The van der Waals surface area contributed by atoms with Crippen LogP contribution in [0.5, 0.6) is 0 Å². The van der Waals surface area contributed by atoms with Crippen LogP contribution in [-0.2, 0) is 0 Å². The van der Waals surface area contributed by atoms with Crippen molar-refractivity contribution in [3.05, 3.63) is 16.6 Å². The zero-order valence-electron chi connectivity index (χ0n) is 11.8. The highest BCUT2D eigenvalue weighted by Crippen LogP contribution is 2.34. The lowest BCUT2D eigenvalue weighted by molar-refractivity contribution is 0.637. The highest BCUT2D eigenvalue weighted by molar-refractivity contribution is 7.16. The van der Waals surface area contributed by atoms with Crippen molar-refractivity contribution in [2.75, 3.05) is 11.9 Å². The van der Waals surface area contributed by atoms with Gasteiger partial charge in [-0.1, -0.05) is 20.8 Å². The number of aromatic nitrogens is 2. The van der Waals surface area contributed by atoms with E-state index in [9.17, 15) is 0 Å². The molecule has 0 radical (unpaired) electrons. The molecule has 0 amide bonds. The van der Waals surface area contributed by atoms with Gasteiger partial charge in [-0.15, -0.1) is 22.7 Å². The Bertz CT molecular complexity index is 500. The van der Waals surface area contributed by atoms with Crippen LogP contribution in [0, 0.1) is 0 Å². The summed E-state index contributed by atoms with van der Waals surface area (Å²) in [6.45, 7) is 7.59. The fourth-order valence-electron chi connectivity index (χ4n) is 1.93. The average Bonchev–Trinajstić information content (AvgIpc) is 3.06. The van der Waals surface area contributed by atoms with E-state index in [1.807, 2.05) is 6.20 Å². The molecule has 0 saturated heterocycles. The lowest BCUT2D eigenvalue weighted by Crippen LogP contribution is -1.98. The van der Waals surface area contributed by atoms with Gasteiger partial charge in [-0.2, -0.15) is 0 Å². The fourth-order valence-corrected chi connectivity index (χ4v) is 3.89. The van der Waals surface area contributed by atoms with E-state index in [2.05, 4.69) is 41.4 Å². The van der Waals surface area contributed by atoms with Gasteiger partial charge in [0, 0.05) is 24.0 Å². The number of anilines is 1. The molecule has 0 aliphatic heterocycles. The molecular formula is C14H21N3S2. The predicted molar refractivity (Wildman–Crippen MR) is 85.3 cm³/mol. The monoisotopic (exact) mass is 295 g/mol. The molecule has 0 saturated carbocycles. The molecule has 0 bridgehead atoms. The van der Waals surface area contributed by atoms with Crippen LogP contribution in [-0.4, -0.2) is 16.5 Å². The Balaban J connectivity index is 2.11. The number of thiazole rings is 2. The predicted octanol–water partition coefficient (Wildman–Crippen LogP) is 4.99. The van der Waals surface area contributed by atoms with E-state index in [1.165, 1.54) is 9.88 Å². The van der Waals surface area contributed by atoms with Gasteiger partial charge in [0.05, 0.1) is 15.6 Å². The Kier molecular flexibility index (Phi) is 5.34. The molecule has 2 heterocycles. The minimum Gasteiger partial charge on any atom is -0.362 e. The summed E-state index contributed by atoms with van der Waals surface area (Å²) in [5, 5.41) is 7.70. The van der Waals surface area contributed by atoms with Crippen LogP contribution in [0.4, 0.5) is 5.13 Å². The second kappa shape index (κ2) is 7.01. The Morgan fingerprint density at radius 2 is 2.05 bits per heavy atom. The number of rotatable bonds is 7. The highest BCUT2D eigenvalue weighted by Gasteiger charge is 2.14. The van der Waals surface area contributed by atoms with Gasteiger partial charge in [0.15, 0.2) is 5.13 Å². The molecule has 0 spiro atoms. The Hall–Kier alpha value is -0.940. The van der Waals surface area contributed by atoms with Gasteiger partial charge in [-0.3, -0.25) is 0 Å². The summed E-state index contributed by atoms with van der Waals surface area (Å²) >= 11 is 3.46. The van der Waals surface area contributed by atoms with E-state index in [4.69, 9.17) is 0 Å². The maximum Gasteiger partial charge on any atom is 0.183 e. The van der Waals surface area contributed by atoms with Crippen LogP contribution in [0.3, 0.4) is 0 Å². The molecule has 5 heteroatoms. The minimum atomic E-state index is 0.593. The van der Waals surface area contributed by atoms with Crippen molar-refractivity contribution in [1.82, 2.24) is 9.97 Å². The second-order valence-corrected chi connectivity index (χ2v) is 6.46. The molecule has 2 aromatic heterocycles. The van der Waals surface area contributed by atoms with Crippen LogP contribution in [0.1, 0.15) is 51.0 Å². The first-order valence-corrected chi connectivity index (χ1v) is 8.63. The summed E-state index contributed by atoms with van der Waals surface area (Å²) < 4.78 is 0. The van der Waals surface area contributed by atoms with Crippen LogP contribution in [0.25, 0.3) is 10.6 Å². The van der Waals surface area contributed by atoms with Crippen molar-refractivity contribution >= 4 is 27.8 Å². The first-order valence-electron chi connectivity index (χ1n) is 6.93. The van der Waals surface area contributed by atoms with Crippen molar-refractivity contribution in [3.8, 4) is 10.6 Å². The molecule has 0 aliphatic rings. The first-order chi connectivity index (χ1) is 9.28. The van der Waals surface area contributed by atoms with Crippen molar-refractivity contribution in [3.63, 3.8) is 0 Å². The average molecular weight is 295 g/mol. The van der Waals surface area contributed by atoms with Gasteiger partial charge in [-0.05, 0) is 19.3 Å². The maximum atomic E-state index is 4.62. The molecule has 2 aromatic rings. The molecule has 0 fully saturated rings. The molecule has 1 N–H and O–H groups in total. The zero-order chi connectivity index (χ0) is 13.7. The van der Waals surface area contributed by atoms with Gasteiger partial charge in [0.1, 0.15) is 0 Å². The van der Waals surface area contributed by atoms with Crippen LogP contribution in [0.2, 0.25) is 0 Å². The number of nitrogens with one attached hydrogen (secondary N) is 1. The van der Waals surface area contributed by atoms with E-state index < -0.39 is 0 Å². The standard InChI is InChI=1S/C14H21N3S2/c1-4-7-15-14-17-11(9-18-14)12-8-16-13(19-12)10(5-2)6-3/h8-10H,4-7H2,1-3H3,(H,15,17). The molecule has 0 aliphatic carbocycles. The smallest absolute Gasteiger partial charge is 0.183 e. The largest absolute Gasteiger partial charge is 0.362 e. The molecule has 19 heavy (non-hydrogen) atoms.